The molecule has 84 valence electrons. The lowest BCUT2D eigenvalue weighted by molar-refractivity contribution is 0.227. The molecule has 0 aromatic rings. The van der Waals surface area contributed by atoms with Gasteiger partial charge in [0.1, 0.15) is 6.63 Å². The predicted octanol–water partition coefficient (Wildman–Crippen LogP) is 5.66. The van der Waals surface area contributed by atoms with Gasteiger partial charge in [0.05, 0.1) is 6.61 Å². The minimum atomic E-state index is -1.20. The van der Waals surface area contributed by atoms with Gasteiger partial charge in [0.25, 0.3) is 0 Å². The fourth-order valence-corrected chi connectivity index (χ4v) is 3.90. The first-order valence-electron chi connectivity index (χ1n) is 4.64. The van der Waals surface area contributed by atoms with Crippen molar-refractivity contribution in [2.75, 3.05) is 6.61 Å². The monoisotopic (exact) mass is 276 g/mol. The number of ether oxygens (including phenoxy) is 1. The van der Waals surface area contributed by atoms with Gasteiger partial charge in [-0.2, -0.15) is 0 Å². The Morgan fingerprint density at radius 1 is 1.36 bits per heavy atom. The maximum Gasteiger partial charge on any atom is 0.193 e. The van der Waals surface area contributed by atoms with Crippen molar-refractivity contribution in [3.05, 3.63) is 10.5 Å². The second-order valence-electron chi connectivity index (χ2n) is 3.25. The zero-order chi connectivity index (χ0) is 11.1. The first kappa shape index (κ1) is 14.8. The summed E-state index contributed by atoms with van der Waals surface area (Å²) in [6, 6.07) is 0. The normalized spacial score (nSPS) is 13.4. The molecular formula is C9H16Cl3OP. The van der Waals surface area contributed by atoms with E-state index in [1.165, 1.54) is 0 Å². The number of allylic oxidation sites excluding steroid dienone is 1. The van der Waals surface area contributed by atoms with Crippen molar-refractivity contribution >= 4 is 40.7 Å². The van der Waals surface area contributed by atoms with Crippen LogP contribution in [0.2, 0.25) is 0 Å². The summed E-state index contributed by atoms with van der Waals surface area (Å²) in [5, 5.41) is 1.20. The van der Waals surface area contributed by atoms with Gasteiger partial charge in [-0.15, -0.1) is 0 Å². The SMILES string of the molecule is CCCCO/C(Cl)=C(\C(C)C)P(Cl)Cl. The molecule has 0 spiro atoms. The van der Waals surface area contributed by atoms with Gasteiger partial charge in [0, 0.05) is 5.31 Å². The highest BCUT2D eigenvalue weighted by Crippen LogP contribution is 2.59. The predicted molar refractivity (Wildman–Crippen MR) is 67.2 cm³/mol. The Morgan fingerprint density at radius 3 is 2.29 bits per heavy atom. The van der Waals surface area contributed by atoms with Crippen molar-refractivity contribution in [1.29, 1.82) is 0 Å². The Balaban J connectivity index is 4.33. The molecule has 0 aliphatic heterocycles. The Labute approximate surface area is 102 Å². The maximum absolute atomic E-state index is 5.98. The van der Waals surface area contributed by atoms with E-state index in [1.807, 2.05) is 13.8 Å². The Bertz CT molecular complexity index is 182. The smallest absolute Gasteiger partial charge is 0.193 e. The van der Waals surface area contributed by atoms with Gasteiger partial charge in [0.2, 0.25) is 0 Å². The summed E-state index contributed by atoms with van der Waals surface area (Å²) in [5.41, 5.74) is 0. The Morgan fingerprint density at radius 2 is 1.93 bits per heavy atom. The van der Waals surface area contributed by atoms with Crippen LogP contribution in [-0.2, 0) is 4.74 Å². The fourth-order valence-electron chi connectivity index (χ4n) is 0.869. The van der Waals surface area contributed by atoms with Crippen LogP contribution in [-0.4, -0.2) is 6.61 Å². The van der Waals surface area contributed by atoms with Crippen LogP contribution in [0.1, 0.15) is 33.6 Å². The van der Waals surface area contributed by atoms with E-state index >= 15 is 0 Å². The molecule has 0 rings (SSSR count). The highest BCUT2D eigenvalue weighted by molar-refractivity contribution is 8.06. The molecule has 0 saturated carbocycles. The van der Waals surface area contributed by atoms with Crippen LogP contribution in [0.15, 0.2) is 10.5 Å². The molecule has 0 unspecified atom stereocenters. The van der Waals surface area contributed by atoms with Crippen LogP contribution in [0.3, 0.4) is 0 Å². The lowest BCUT2D eigenvalue weighted by atomic mass is 10.2. The second kappa shape index (κ2) is 8.05. The number of halogens is 3. The summed E-state index contributed by atoms with van der Waals surface area (Å²) in [7, 11) is 0. The van der Waals surface area contributed by atoms with E-state index < -0.39 is 6.63 Å². The van der Waals surface area contributed by atoms with Crippen molar-refractivity contribution in [2.24, 2.45) is 5.92 Å². The molecule has 5 heteroatoms. The maximum atomic E-state index is 5.98. The zero-order valence-electron chi connectivity index (χ0n) is 8.69. The number of unbranched alkanes of at least 4 members (excludes halogenated alkanes) is 1. The zero-order valence-corrected chi connectivity index (χ0v) is 11.9. The third-order valence-electron chi connectivity index (χ3n) is 1.66. The second-order valence-corrected chi connectivity index (χ2v) is 7.09. The van der Waals surface area contributed by atoms with Crippen LogP contribution >= 0.6 is 40.7 Å². The van der Waals surface area contributed by atoms with E-state index in [0.29, 0.717) is 11.8 Å². The molecule has 0 amide bonds. The van der Waals surface area contributed by atoms with Crippen LogP contribution in [0.25, 0.3) is 0 Å². The van der Waals surface area contributed by atoms with Crippen molar-refractivity contribution in [3.8, 4) is 0 Å². The molecular weight excluding hydrogens is 261 g/mol. The average Bonchev–Trinajstić information content (AvgIpc) is 2.03. The van der Waals surface area contributed by atoms with E-state index in [1.54, 1.807) is 0 Å². The van der Waals surface area contributed by atoms with Gasteiger partial charge in [-0.1, -0.05) is 49.7 Å². The summed E-state index contributed by atoms with van der Waals surface area (Å²) in [6.45, 7) is 5.53. The molecule has 0 aliphatic carbocycles. The van der Waals surface area contributed by atoms with E-state index in [4.69, 9.17) is 38.8 Å². The molecule has 0 aromatic carbocycles. The summed E-state index contributed by atoms with van der Waals surface area (Å²) < 4.78 is 5.36. The Hall–Kier alpha value is 0.840. The van der Waals surface area contributed by atoms with Gasteiger partial charge in [-0.25, -0.2) is 0 Å². The first-order valence-corrected chi connectivity index (χ1v) is 8.17. The van der Waals surface area contributed by atoms with Gasteiger partial charge in [-0.3, -0.25) is 0 Å². The average molecular weight is 278 g/mol. The van der Waals surface area contributed by atoms with Crippen molar-refractivity contribution in [3.63, 3.8) is 0 Å². The summed E-state index contributed by atoms with van der Waals surface area (Å²) >= 11 is 17.7. The number of hydrogen-bond acceptors (Lipinski definition) is 1. The van der Waals surface area contributed by atoms with Crippen LogP contribution < -0.4 is 0 Å². The molecule has 0 heterocycles. The highest BCUT2D eigenvalue weighted by atomic mass is 35.9. The van der Waals surface area contributed by atoms with Crippen molar-refractivity contribution < 1.29 is 4.74 Å². The van der Waals surface area contributed by atoms with Crippen LogP contribution in [0.5, 0.6) is 0 Å². The lowest BCUT2D eigenvalue weighted by Crippen LogP contribution is -1.97. The summed E-state index contributed by atoms with van der Waals surface area (Å²) in [5.74, 6) is 0.227. The van der Waals surface area contributed by atoms with Crippen LogP contribution in [0, 0.1) is 5.92 Å². The standard InChI is InChI=1S/C9H16Cl3OP/c1-4-5-6-13-9(10)8(7(2)3)14(11)12/h7H,4-6H2,1-3H3/b9-8+. The minimum absolute atomic E-state index is 0.227. The van der Waals surface area contributed by atoms with Crippen molar-refractivity contribution in [2.45, 2.75) is 33.6 Å². The minimum Gasteiger partial charge on any atom is -0.483 e. The van der Waals surface area contributed by atoms with E-state index in [-0.39, 0.29) is 5.92 Å². The van der Waals surface area contributed by atoms with E-state index in [2.05, 4.69) is 6.92 Å². The lowest BCUT2D eigenvalue weighted by Gasteiger charge is -2.14. The van der Waals surface area contributed by atoms with E-state index in [9.17, 15) is 0 Å². The summed E-state index contributed by atoms with van der Waals surface area (Å²) in [4.78, 5) is 0. The largest absolute Gasteiger partial charge is 0.483 e. The number of hydrogen-bond donors (Lipinski definition) is 0. The topological polar surface area (TPSA) is 9.23 Å². The molecule has 14 heavy (non-hydrogen) atoms. The third-order valence-corrected chi connectivity index (χ3v) is 4.28. The molecule has 0 bridgehead atoms. The molecule has 0 aromatic heterocycles. The van der Waals surface area contributed by atoms with Gasteiger partial charge >= 0.3 is 0 Å². The van der Waals surface area contributed by atoms with E-state index in [0.717, 1.165) is 18.2 Å². The first-order chi connectivity index (χ1) is 6.50. The van der Waals surface area contributed by atoms with Crippen molar-refractivity contribution in [1.82, 2.24) is 0 Å². The van der Waals surface area contributed by atoms with Crippen LogP contribution in [0.4, 0.5) is 0 Å². The molecule has 0 radical (unpaired) electrons. The Kier molecular flexibility index (Phi) is 8.53. The fraction of sp³-hybridized carbons (Fsp3) is 0.778. The quantitative estimate of drug-likeness (QED) is 0.346. The third kappa shape index (κ3) is 5.66. The molecule has 1 nitrogen and oxygen atoms in total. The molecule has 0 N–H and O–H groups in total. The number of rotatable bonds is 6. The van der Waals surface area contributed by atoms with Gasteiger partial charge in [0.15, 0.2) is 5.22 Å². The molecule has 0 saturated heterocycles. The molecule has 0 atom stereocenters. The van der Waals surface area contributed by atoms with Gasteiger partial charge in [-0.05, 0) is 23.9 Å². The summed E-state index contributed by atoms with van der Waals surface area (Å²) in [6.07, 6.45) is 2.07. The molecule has 0 fully saturated rings. The van der Waals surface area contributed by atoms with Gasteiger partial charge < -0.3 is 4.74 Å². The highest BCUT2D eigenvalue weighted by Gasteiger charge is 2.18. The molecule has 0 aliphatic rings.